The first-order chi connectivity index (χ1) is 11.2. The summed E-state index contributed by atoms with van der Waals surface area (Å²) in [5.74, 6) is 0.956. The van der Waals surface area contributed by atoms with Crippen molar-refractivity contribution in [1.29, 1.82) is 0 Å². The van der Waals surface area contributed by atoms with Crippen LogP contribution in [0.5, 0.6) is 0 Å². The highest BCUT2D eigenvalue weighted by molar-refractivity contribution is 7.98. The Balaban J connectivity index is 1.58. The van der Waals surface area contributed by atoms with Crippen LogP contribution in [-0.4, -0.2) is 10.2 Å². The van der Waals surface area contributed by atoms with Crippen LogP contribution in [-0.2, 0) is 12.2 Å². The van der Waals surface area contributed by atoms with Crippen LogP contribution in [0.3, 0.4) is 0 Å². The Hall–Kier alpha value is -2.18. The van der Waals surface area contributed by atoms with Gasteiger partial charge in [0.05, 0.1) is 0 Å². The number of benzene rings is 2. The topological polar surface area (TPSA) is 66.6 Å². The van der Waals surface area contributed by atoms with Gasteiger partial charge in [0.2, 0.25) is 0 Å². The summed E-state index contributed by atoms with van der Waals surface area (Å²) in [5, 5.41) is 8.63. The van der Waals surface area contributed by atoms with E-state index in [-0.39, 0.29) is 11.9 Å². The number of aromatic nitrogens is 2. The molecule has 1 unspecified atom stereocenters. The van der Waals surface area contributed by atoms with Crippen molar-refractivity contribution in [3.63, 3.8) is 0 Å². The number of hydrogen-bond acceptors (Lipinski definition) is 4. The highest BCUT2D eigenvalue weighted by Gasteiger charge is 2.18. The maximum atomic E-state index is 12.9. The fourth-order valence-electron chi connectivity index (χ4n) is 2.16. The maximum absolute atomic E-state index is 12.9. The number of thioether (sulfide) groups is 1. The van der Waals surface area contributed by atoms with Gasteiger partial charge in [-0.3, -0.25) is 0 Å². The summed E-state index contributed by atoms with van der Waals surface area (Å²) in [6.07, 6.45) is 0.755. The average Bonchev–Trinajstić information content (AvgIpc) is 3.04. The lowest BCUT2D eigenvalue weighted by atomic mass is 10.1. The van der Waals surface area contributed by atoms with Crippen LogP contribution in [0, 0.1) is 5.82 Å². The number of hydrogen-bond donors (Lipinski definition) is 1. The van der Waals surface area contributed by atoms with Gasteiger partial charge in [-0.1, -0.05) is 54.2 Å². The van der Waals surface area contributed by atoms with E-state index >= 15 is 0 Å². The Morgan fingerprint density at radius 1 is 1.00 bits per heavy atom. The SMILES string of the molecule is [NH3+]C(Cc1ccccc1)c1nnc(SCc2ccc(F)cc2)o1. The van der Waals surface area contributed by atoms with Crippen molar-refractivity contribution < 1.29 is 14.5 Å². The van der Waals surface area contributed by atoms with Gasteiger partial charge in [0.1, 0.15) is 5.82 Å². The smallest absolute Gasteiger partial charge is 0.277 e. The summed E-state index contributed by atoms with van der Waals surface area (Å²) in [6, 6.07) is 16.4. The molecule has 0 fully saturated rings. The normalized spacial score (nSPS) is 12.3. The first-order valence-electron chi connectivity index (χ1n) is 7.28. The van der Waals surface area contributed by atoms with Crippen LogP contribution < -0.4 is 5.73 Å². The van der Waals surface area contributed by atoms with Gasteiger partial charge in [-0.05, 0) is 23.3 Å². The molecule has 1 aromatic heterocycles. The van der Waals surface area contributed by atoms with Gasteiger partial charge in [-0.2, -0.15) is 0 Å². The molecule has 3 N–H and O–H groups in total. The van der Waals surface area contributed by atoms with E-state index in [1.54, 1.807) is 12.1 Å². The Labute approximate surface area is 137 Å². The molecule has 118 valence electrons. The molecule has 0 saturated carbocycles. The lowest BCUT2D eigenvalue weighted by Gasteiger charge is -2.03. The molecule has 0 saturated heterocycles. The molecule has 0 amide bonds. The predicted molar refractivity (Wildman–Crippen MR) is 86.0 cm³/mol. The highest BCUT2D eigenvalue weighted by atomic mass is 32.2. The molecule has 0 radical (unpaired) electrons. The zero-order valence-electron chi connectivity index (χ0n) is 12.5. The number of rotatable bonds is 6. The number of quaternary nitrogens is 1. The number of halogens is 1. The first-order valence-corrected chi connectivity index (χ1v) is 8.27. The summed E-state index contributed by atoms with van der Waals surface area (Å²) < 4.78 is 18.5. The van der Waals surface area contributed by atoms with Crippen molar-refractivity contribution in [1.82, 2.24) is 10.2 Å². The van der Waals surface area contributed by atoms with E-state index in [1.165, 1.54) is 29.5 Å². The minimum Gasteiger partial charge on any atom is -0.410 e. The van der Waals surface area contributed by atoms with E-state index in [1.807, 2.05) is 18.2 Å². The van der Waals surface area contributed by atoms with Crippen molar-refractivity contribution in [2.24, 2.45) is 0 Å². The fraction of sp³-hybridized carbons (Fsp3) is 0.176. The van der Waals surface area contributed by atoms with E-state index in [9.17, 15) is 4.39 Å². The highest BCUT2D eigenvalue weighted by Crippen LogP contribution is 2.23. The standard InChI is InChI=1S/C17H16FN3OS/c18-14-8-6-13(7-9-14)11-23-17-21-20-16(22-17)15(19)10-12-4-2-1-3-5-12/h1-9,15H,10-11,19H2/p+1. The summed E-state index contributed by atoms with van der Waals surface area (Å²) in [5.41, 5.74) is 6.29. The molecule has 0 aliphatic rings. The zero-order chi connectivity index (χ0) is 16.1. The molecule has 0 aliphatic carbocycles. The molecule has 1 atom stereocenters. The molecule has 6 heteroatoms. The lowest BCUT2D eigenvalue weighted by Crippen LogP contribution is -2.54. The molecule has 1 heterocycles. The molecule has 0 aliphatic heterocycles. The van der Waals surface area contributed by atoms with Gasteiger partial charge < -0.3 is 10.2 Å². The second-order valence-electron chi connectivity index (χ2n) is 5.21. The van der Waals surface area contributed by atoms with E-state index < -0.39 is 0 Å². The molecule has 3 rings (SSSR count). The summed E-state index contributed by atoms with van der Waals surface area (Å²) in [6.45, 7) is 0. The second kappa shape index (κ2) is 7.39. The molecule has 4 nitrogen and oxygen atoms in total. The molecular weight excluding hydrogens is 313 g/mol. The van der Waals surface area contributed by atoms with Crippen molar-refractivity contribution in [3.05, 3.63) is 77.4 Å². The molecule has 2 aromatic carbocycles. The van der Waals surface area contributed by atoms with Gasteiger partial charge in [0.25, 0.3) is 11.1 Å². The van der Waals surface area contributed by atoms with Gasteiger partial charge >= 0.3 is 0 Å². The lowest BCUT2D eigenvalue weighted by molar-refractivity contribution is -0.431. The van der Waals surface area contributed by atoms with E-state index in [2.05, 4.69) is 28.1 Å². The van der Waals surface area contributed by atoms with Gasteiger partial charge in [0, 0.05) is 12.2 Å². The molecule has 0 spiro atoms. The first kappa shape index (κ1) is 15.7. The van der Waals surface area contributed by atoms with Crippen LogP contribution in [0.15, 0.2) is 64.2 Å². The third-order valence-electron chi connectivity index (χ3n) is 3.37. The van der Waals surface area contributed by atoms with Crippen molar-refractivity contribution in [2.75, 3.05) is 0 Å². The van der Waals surface area contributed by atoms with Crippen LogP contribution in [0.1, 0.15) is 23.1 Å². The molecule has 3 aromatic rings. The zero-order valence-corrected chi connectivity index (χ0v) is 13.3. The van der Waals surface area contributed by atoms with Gasteiger partial charge in [-0.25, -0.2) is 4.39 Å². The summed E-state index contributed by atoms with van der Waals surface area (Å²) in [7, 11) is 0. The van der Waals surface area contributed by atoms with Crippen LogP contribution >= 0.6 is 11.8 Å². The van der Waals surface area contributed by atoms with Crippen molar-refractivity contribution >= 4 is 11.8 Å². The third kappa shape index (κ3) is 4.40. The molecular formula is C17H17FN3OS+. The van der Waals surface area contributed by atoms with E-state index in [4.69, 9.17) is 4.42 Å². The van der Waals surface area contributed by atoms with Crippen molar-refractivity contribution in [2.45, 2.75) is 23.4 Å². The molecule has 23 heavy (non-hydrogen) atoms. The quantitative estimate of drug-likeness (QED) is 0.706. The Kier molecular flexibility index (Phi) is 5.05. The molecule has 0 bridgehead atoms. The monoisotopic (exact) mass is 330 g/mol. The van der Waals surface area contributed by atoms with Crippen LogP contribution in [0.25, 0.3) is 0 Å². The number of nitrogens with zero attached hydrogens (tertiary/aromatic N) is 2. The fourth-order valence-corrected chi connectivity index (χ4v) is 2.88. The van der Waals surface area contributed by atoms with Crippen LogP contribution in [0.2, 0.25) is 0 Å². The van der Waals surface area contributed by atoms with Gasteiger partial charge in [0.15, 0.2) is 6.04 Å². The Morgan fingerprint density at radius 3 is 2.48 bits per heavy atom. The van der Waals surface area contributed by atoms with Crippen molar-refractivity contribution in [3.8, 4) is 0 Å². The Morgan fingerprint density at radius 2 is 1.74 bits per heavy atom. The predicted octanol–water partition coefficient (Wildman–Crippen LogP) is 3.03. The average molecular weight is 330 g/mol. The summed E-state index contributed by atoms with van der Waals surface area (Å²) in [4.78, 5) is 0. The van der Waals surface area contributed by atoms with E-state index in [0.717, 1.165) is 12.0 Å². The maximum Gasteiger partial charge on any atom is 0.277 e. The minimum absolute atomic E-state index is 0.0786. The van der Waals surface area contributed by atoms with E-state index in [0.29, 0.717) is 16.9 Å². The summed E-state index contributed by atoms with van der Waals surface area (Å²) >= 11 is 1.43. The third-order valence-corrected chi connectivity index (χ3v) is 4.26. The largest absolute Gasteiger partial charge is 0.410 e. The van der Waals surface area contributed by atoms with Gasteiger partial charge in [-0.15, -0.1) is 10.2 Å². The Bertz CT molecular complexity index is 746. The second-order valence-corrected chi connectivity index (χ2v) is 6.13. The minimum atomic E-state index is -0.236. The van der Waals surface area contributed by atoms with Crippen LogP contribution in [0.4, 0.5) is 4.39 Å².